The van der Waals surface area contributed by atoms with Gasteiger partial charge in [-0.3, -0.25) is 0 Å². The summed E-state index contributed by atoms with van der Waals surface area (Å²) in [6, 6.07) is 10.1. The molecule has 3 atom stereocenters. The van der Waals surface area contributed by atoms with Crippen molar-refractivity contribution in [2.24, 2.45) is 11.8 Å². The molecule has 23 heavy (non-hydrogen) atoms. The van der Waals surface area contributed by atoms with Crippen LogP contribution in [0.15, 0.2) is 30.3 Å². The second kappa shape index (κ2) is 6.19. The standard InChI is InChI=1S/C18H25NO3S/c20-23(21)9-8-17(22-13-15-4-2-1-3-5-15)16-11-19(12-18(16)23)10-14-6-7-14/h1-5,14,16-18H,6-13H2. The zero-order chi connectivity index (χ0) is 15.9. The van der Waals surface area contributed by atoms with Crippen LogP contribution in [0.5, 0.6) is 0 Å². The van der Waals surface area contributed by atoms with Crippen LogP contribution < -0.4 is 0 Å². The quantitative estimate of drug-likeness (QED) is 0.827. The van der Waals surface area contributed by atoms with Crippen LogP contribution in [0, 0.1) is 11.8 Å². The molecule has 3 aliphatic rings. The third-order valence-corrected chi connectivity index (χ3v) is 7.76. The fourth-order valence-electron chi connectivity index (χ4n) is 4.06. The van der Waals surface area contributed by atoms with Crippen molar-refractivity contribution in [1.29, 1.82) is 0 Å². The highest BCUT2D eigenvalue weighted by molar-refractivity contribution is 7.92. The van der Waals surface area contributed by atoms with E-state index in [0.717, 1.165) is 24.6 Å². The van der Waals surface area contributed by atoms with Crippen LogP contribution in [0.2, 0.25) is 0 Å². The summed E-state index contributed by atoms with van der Waals surface area (Å²) in [5.74, 6) is 1.24. The van der Waals surface area contributed by atoms with Crippen LogP contribution in [-0.4, -0.2) is 50.1 Å². The number of sulfone groups is 1. The van der Waals surface area contributed by atoms with Crippen molar-refractivity contribution < 1.29 is 13.2 Å². The summed E-state index contributed by atoms with van der Waals surface area (Å²) in [6.45, 7) is 3.26. The van der Waals surface area contributed by atoms with Gasteiger partial charge < -0.3 is 9.64 Å². The van der Waals surface area contributed by atoms with E-state index in [1.165, 1.54) is 12.8 Å². The maximum atomic E-state index is 12.4. The van der Waals surface area contributed by atoms with Crippen molar-refractivity contribution in [3.63, 3.8) is 0 Å². The Morgan fingerprint density at radius 1 is 1.09 bits per heavy atom. The van der Waals surface area contributed by atoms with E-state index in [4.69, 9.17) is 4.74 Å². The minimum Gasteiger partial charge on any atom is -0.373 e. The summed E-state index contributed by atoms with van der Waals surface area (Å²) in [7, 11) is -2.95. The fraction of sp³-hybridized carbons (Fsp3) is 0.667. The van der Waals surface area contributed by atoms with Crippen molar-refractivity contribution in [2.45, 2.75) is 37.2 Å². The first kappa shape index (κ1) is 15.6. The van der Waals surface area contributed by atoms with Gasteiger partial charge in [-0.25, -0.2) is 8.42 Å². The molecule has 2 aliphatic heterocycles. The number of ether oxygens (including phenoxy) is 1. The van der Waals surface area contributed by atoms with Gasteiger partial charge in [0.25, 0.3) is 0 Å². The Labute approximate surface area is 138 Å². The van der Waals surface area contributed by atoms with E-state index in [2.05, 4.69) is 17.0 Å². The van der Waals surface area contributed by atoms with E-state index >= 15 is 0 Å². The van der Waals surface area contributed by atoms with Gasteiger partial charge in [0.2, 0.25) is 0 Å². The minimum atomic E-state index is -2.95. The maximum absolute atomic E-state index is 12.4. The summed E-state index contributed by atoms with van der Waals surface area (Å²) >= 11 is 0. The Morgan fingerprint density at radius 2 is 1.87 bits per heavy atom. The average Bonchev–Trinajstić information content (AvgIpc) is 3.24. The highest BCUT2D eigenvalue weighted by Crippen LogP contribution is 2.37. The zero-order valence-corrected chi connectivity index (χ0v) is 14.2. The maximum Gasteiger partial charge on any atom is 0.154 e. The predicted octanol–water partition coefficient (Wildman–Crippen LogP) is 2.10. The highest BCUT2D eigenvalue weighted by atomic mass is 32.2. The third kappa shape index (κ3) is 3.47. The summed E-state index contributed by atoms with van der Waals surface area (Å²) in [5.41, 5.74) is 1.16. The lowest BCUT2D eigenvalue weighted by Crippen LogP contribution is -2.44. The lowest BCUT2D eigenvalue weighted by Gasteiger charge is -2.32. The van der Waals surface area contributed by atoms with Gasteiger partial charge in [-0.2, -0.15) is 0 Å². The van der Waals surface area contributed by atoms with E-state index in [-0.39, 0.29) is 23.0 Å². The largest absolute Gasteiger partial charge is 0.373 e. The number of benzene rings is 1. The number of nitrogens with zero attached hydrogens (tertiary/aromatic N) is 1. The Bertz CT molecular complexity index is 641. The summed E-state index contributed by atoms with van der Waals surface area (Å²) in [5, 5.41) is -0.212. The van der Waals surface area contributed by atoms with Crippen molar-refractivity contribution in [3.05, 3.63) is 35.9 Å². The lowest BCUT2D eigenvalue weighted by molar-refractivity contribution is -0.000869. The summed E-state index contributed by atoms with van der Waals surface area (Å²) in [4.78, 5) is 2.37. The predicted molar refractivity (Wildman–Crippen MR) is 89.9 cm³/mol. The van der Waals surface area contributed by atoms with Crippen molar-refractivity contribution in [1.82, 2.24) is 4.90 Å². The van der Waals surface area contributed by atoms with Crippen LogP contribution in [0.3, 0.4) is 0 Å². The lowest BCUT2D eigenvalue weighted by atomic mass is 9.98. The van der Waals surface area contributed by atoms with Crippen LogP contribution >= 0.6 is 0 Å². The highest BCUT2D eigenvalue weighted by Gasteiger charge is 2.49. The monoisotopic (exact) mass is 335 g/mol. The average molecular weight is 335 g/mol. The molecule has 3 fully saturated rings. The zero-order valence-electron chi connectivity index (χ0n) is 13.4. The molecule has 2 saturated heterocycles. The Balaban J connectivity index is 1.43. The topological polar surface area (TPSA) is 46.6 Å². The normalized spacial score (nSPS) is 33.5. The third-order valence-electron chi connectivity index (χ3n) is 5.53. The van der Waals surface area contributed by atoms with Gasteiger partial charge in [0.15, 0.2) is 9.84 Å². The number of hydrogen-bond acceptors (Lipinski definition) is 4. The van der Waals surface area contributed by atoms with Gasteiger partial charge in [-0.1, -0.05) is 30.3 Å². The van der Waals surface area contributed by atoms with Crippen LogP contribution in [0.25, 0.3) is 0 Å². The smallest absolute Gasteiger partial charge is 0.154 e. The molecule has 0 N–H and O–H groups in total. The number of likely N-dealkylation sites (tertiary alicyclic amines) is 1. The van der Waals surface area contributed by atoms with Gasteiger partial charge in [-0.15, -0.1) is 0 Å². The van der Waals surface area contributed by atoms with E-state index in [0.29, 0.717) is 19.6 Å². The van der Waals surface area contributed by atoms with Crippen molar-refractivity contribution in [2.75, 3.05) is 25.4 Å². The van der Waals surface area contributed by atoms with Crippen LogP contribution in [-0.2, 0) is 21.2 Å². The molecule has 1 saturated carbocycles. The molecule has 1 aromatic rings. The van der Waals surface area contributed by atoms with Crippen LogP contribution in [0.4, 0.5) is 0 Å². The molecule has 4 rings (SSSR count). The van der Waals surface area contributed by atoms with Crippen LogP contribution in [0.1, 0.15) is 24.8 Å². The van der Waals surface area contributed by atoms with Gasteiger partial charge >= 0.3 is 0 Å². The number of fused-ring (bicyclic) bond motifs is 1. The number of hydrogen-bond donors (Lipinski definition) is 0. The van der Waals surface area contributed by atoms with Gasteiger partial charge in [0.05, 0.1) is 23.7 Å². The van der Waals surface area contributed by atoms with Gasteiger partial charge in [-0.05, 0) is 30.7 Å². The molecule has 0 radical (unpaired) electrons. The second-order valence-corrected chi connectivity index (χ2v) is 9.69. The SMILES string of the molecule is O=S1(=O)CCC(OCc2ccccc2)C2CN(CC3CC3)CC21. The van der Waals surface area contributed by atoms with Crippen molar-refractivity contribution >= 4 is 9.84 Å². The first-order valence-corrected chi connectivity index (χ1v) is 10.4. The molecule has 126 valence electrons. The molecule has 1 aromatic carbocycles. The molecular weight excluding hydrogens is 310 g/mol. The first-order chi connectivity index (χ1) is 11.1. The molecule has 2 heterocycles. The second-order valence-electron chi connectivity index (χ2n) is 7.35. The molecular formula is C18H25NO3S. The molecule has 4 nitrogen and oxygen atoms in total. The van der Waals surface area contributed by atoms with E-state index in [1.54, 1.807) is 0 Å². The molecule has 0 aromatic heterocycles. The molecule has 1 aliphatic carbocycles. The Morgan fingerprint density at radius 3 is 2.61 bits per heavy atom. The van der Waals surface area contributed by atoms with Gasteiger partial charge in [0.1, 0.15) is 0 Å². The Kier molecular flexibility index (Phi) is 4.20. The molecule has 0 spiro atoms. The molecule has 0 amide bonds. The molecule has 3 unspecified atom stereocenters. The van der Waals surface area contributed by atoms with E-state index in [9.17, 15) is 8.42 Å². The van der Waals surface area contributed by atoms with E-state index < -0.39 is 9.84 Å². The first-order valence-electron chi connectivity index (χ1n) is 8.71. The molecule has 5 heteroatoms. The van der Waals surface area contributed by atoms with Gasteiger partial charge in [0, 0.05) is 25.6 Å². The minimum absolute atomic E-state index is 0.0768. The number of rotatable bonds is 5. The summed E-state index contributed by atoms with van der Waals surface area (Å²) < 4.78 is 31.0. The van der Waals surface area contributed by atoms with Crippen molar-refractivity contribution in [3.8, 4) is 0 Å². The Hall–Kier alpha value is -0.910. The summed E-state index contributed by atoms with van der Waals surface area (Å²) in [6.07, 6.45) is 3.35. The molecule has 0 bridgehead atoms. The fourth-order valence-corrected chi connectivity index (χ4v) is 6.16. The van der Waals surface area contributed by atoms with E-state index in [1.807, 2.05) is 18.2 Å².